The second-order valence-electron chi connectivity index (χ2n) is 7.87. The van der Waals surface area contributed by atoms with Crippen LogP contribution in [-0.4, -0.2) is 50.8 Å². The highest BCUT2D eigenvalue weighted by molar-refractivity contribution is 5.93. The molecule has 2 aromatic heterocycles. The van der Waals surface area contributed by atoms with Crippen LogP contribution in [0.5, 0.6) is 11.6 Å². The third-order valence-electron chi connectivity index (χ3n) is 5.64. The molecule has 33 heavy (non-hydrogen) atoms. The van der Waals surface area contributed by atoms with Crippen LogP contribution in [-0.2, 0) is 4.79 Å². The number of pyridine rings is 1. The lowest BCUT2D eigenvalue weighted by atomic mass is 9.87. The molecule has 0 radical (unpaired) electrons. The number of ether oxygens (including phenoxy) is 1. The number of hydrogen-bond donors (Lipinski definition) is 2. The predicted molar refractivity (Wildman–Crippen MR) is 118 cm³/mol. The lowest BCUT2D eigenvalue weighted by Crippen LogP contribution is -2.52. The van der Waals surface area contributed by atoms with Gasteiger partial charge in [0.2, 0.25) is 17.3 Å². The number of nitrogens with zero attached hydrogens (tertiary/aromatic N) is 3. The van der Waals surface area contributed by atoms with Gasteiger partial charge in [-0.1, -0.05) is 24.3 Å². The lowest BCUT2D eigenvalue weighted by Gasteiger charge is -2.40. The number of rotatable bonds is 6. The number of piperidine rings is 1. The largest absolute Gasteiger partial charge is 0.438 e. The van der Waals surface area contributed by atoms with E-state index in [2.05, 4.69) is 20.3 Å². The summed E-state index contributed by atoms with van der Waals surface area (Å²) in [5.74, 6) is -3.35. The first kappa shape index (κ1) is 22.5. The summed E-state index contributed by atoms with van der Waals surface area (Å²) in [7, 11) is 0. The van der Waals surface area contributed by atoms with E-state index in [9.17, 15) is 18.4 Å². The molecule has 1 saturated heterocycles. The zero-order chi connectivity index (χ0) is 23.4. The number of carbonyl (C=O) groups is 1. The fourth-order valence-corrected chi connectivity index (χ4v) is 3.71. The van der Waals surface area contributed by atoms with E-state index in [1.54, 1.807) is 24.0 Å². The molecule has 2 atom stereocenters. The van der Waals surface area contributed by atoms with Crippen LogP contribution in [0.4, 0.5) is 14.6 Å². The number of alkyl halides is 2. The fourth-order valence-electron chi connectivity index (χ4n) is 3.71. The van der Waals surface area contributed by atoms with Gasteiger partial charge in [-0.25, -0.2) is 18.7 Å². The van der Waals surface area contributed by atoms with Crippen LogP contribution < -0.4 is 15.6 Å². The molecular formula is C23H23F2N5O3. The Balaban J connectivity index is 1.39. The minimum absolute atomic E-state index is 0.0246. The number of H-pyrrole nitrogens is 1. The molecule has 0 aliphatic carbocycles. The number of carbonyl (C=O) groups excluding carboxylic acids is 1. The van der Waals surface area contributed by atoms with E-state index >= 15 is 0 Å². The van der Waals surface area contributed by atoms with Gasteiger partial charge < -0.3 is 15.0 Å². The zero-order valence-corrected chi connectivity index (χ0v) is 17.9. The average Bonchev–Trinajstić information content (AvgIpc) is 2.81. The van der Waals surface area contributed by atoms with Crippen molar-refractivity contribution in [2.45, 2.75) is 31.2 Å². The third kappa shape index (κ3) is 5.40. The number of likely N-dealkylation sites (tertiary alicyclic amines) is 1. The first-order valence-electron chi connectivity index (χ1n) is 10.5. The average molecular weight is 455 g/mol. The Bertz CT molecular complexity index is 1130. The number of para-hydroxylation sites is 1. The number of aromatic nitrogens is 3. The summed E-state index contributed by atoms with van der Waals surface area (Å²) in [4.78, 5) is 36.5. The molecule has 0 saturated carbocycles. The summed E-state index contributed by atoms with van der Waals surface area (Å²) in [5.41, 5.74) is -0.0273. The van der Waals surface area contributed by atoms with Crippen LogP contribution in [0.3, 0.4) is 0 Å². The van der Waals surface area contributed by atoms with Crippen LogP contribution in [0.15, 0.2) is 65.8 Å². The highest BCUT2D eigenvalue weighted by Crippen LogP contribution is 2.40. The van der Waals surface area contributed by atoms with Crippen molar-refractivity contribution in [3.63, 3.8) is 0 Å². The van der Waals surface area contributed by atoms with Gasteiger partial charge >= 0.3 is 0 Å². The molecule has 2 N–H and O–H groups in total. The molecule has 0 bridgehead atoms. The Kier molecular flexibility index (Phi) is 6.45. The number of halogens is 2. The van der Waals surface area contributed by atoms with Crippen LogP contribution in [0, 0.1) is 0 Å². The highest BCUT2D eigenvalue weighted by Gasteiger charge is 2.46. The van der Waals surface area contributed by atoms with Gasteiger partial charge in [-0.3, -0.25) is 14.5 Å². The minimum Gasteiger partial charge on any atom is -0.438 e. The second kappa shape index (κ2) is 9.45. The monoisotopic (exact) mass is 455 g/mol. The summed E-state index contributed by atoms with van der Waals surface area (Å²) in [6, 6.07) is 11.0. The van der Waals surface area contributed by atoms with Crippen molar-refractivity contribution in [3.8, 4) is 11.6 Å². The maximum atomic E-state index is 14.6. The van der Waals surface area contributed by atoms with Crippen molar-refractivity contribution in [1.29, 1.82) is 0 Å². The number of hydrogen-bond acceptors (Lipinski definition) is 6. The van der Waals surface area contributed by atoms with Gasteiger partial charge in [0, 0.05) is 31.8 Å². The van der Waals surface area contributed by atoms with Crippen molar-refractivity contribution >= 4 is 11.7 Å². The van der Waals surface area contributed by atoms with E-state index in [-0.39, 0.29) is 42.7 Å². The molecule has 0 unspecified atom stereocenters. The van der Waals surface area contributed by atoms with Gasteiger partial charge in [-0.15, -0.1) is 0 Å². The minimum atomic E-state index is -2.94. The van der Waals surface area contributed by atoms with Crippen LogP contribution in [0.1, 0.15) is 24.8 Å². The van der Waals surface area contributed by atoms with Gasteiger partial charge in [0.15, 0.2) is 5.82 Å². The molecule has 172 valence electrons. The molecule has 1 aliphatic rings. The normalized spacial score (nSPS) is 18.9. The Morgan fingerprint density at radius 2 is 2.00 bits per heavy atom. The zero-order valence-electron chi connectivity index (χ0n) is 17.9. The predicted octanol–water partition coefficient (Wildman–Crippen LogP) is 3.41. The SMILES string of the molecule is C[C@@H](C(=O)Nc1cnc(Oc2ccccc2)cn1)N1CCC(F)(F)[C@@H](c2ccc(=O)[nH]c2)C1. The Morgan fingerprint density at radius 1 is 1.21 bits per heavy atom. The van der Waals surface area contributed by atoms with Gasteiger partial charge in [0.25, 0.3) is 5.92 Å². The Morgan fingerprint density at radius 3 is 2.67 bits per heavy atom. The van der Waals surface area contributed by atoms with Gasteiger partial charge in [0.05, 0.1) is 24.4 Å². The molecule has 8 nitrogen and oxygen atoms in total. The first-order chi connectivity index (χ1) is 15.8. The van der Waals surface area contributed by atoms with Crippen LogP contribution in [0.2, 0.25) is 0 Å². The molecule has 3 aromatic rings. The molecule has 0 spiro atoms. The van der Waals surface area contributed by atoms with Gasteiger partial charge in [0.1, 0.15) is 5.75 Å². The fraction of sp³-hybridized carbons (Fsp3) is 0.304. The summed E-state index contributed by atoms with van der Waals surface area (Å²) in [6.45, 7) is 1.70. The number of amides is 1. The van der Waals surface area contributed by atoms with Gasteiger partial charge in [-0.2, -0.15) is 0 Å². The Labute approximate surface area is 188 Å². The molecule has 1 aromatic carbocycles. The van der Waals surface area contributed by atoms with E-state index in [0.29, 0.717) is 11.3 Å². The van der Waals surface area contributed by atoms with E-state index in [0.717, 1.165) is 0 Å². The second-order valence-corrected chi connectivity index (χ2v) is 7.87. The number of anilines is 1. The Hall–Kier alpha value is -3.66. The highest BCUT2D eigenvalue weighted by atomic mass is 19.3. The summed E-state index contributed by atoms with van der Waals surface area (Å²) in [6.07, 6.45) is 3.68. The van der Waals surface area contributed by atoms with Crippen LogP contribution in [0.25, 0.3) is 0 Å². The maximum absolute atomic E-state index is 14.6. The quantitative estimate of drug-likeness (QED) is 0.591. The summed E-state index contributed by atoms with van der Waals surface area (Å²) >= 11 is 0. The molecule has 4 rings (SSSR count). The smallest absolute Gasteiger partial charge is 0.257 e. The molecule has 3 heterocycles. The van der Waals surface area contributed by atoms with Crippen molar-refractivity contribution < 1.29 is 18.3 Å². The van der Waals surface area contributed by atoms with Crippen LogP contribution >= 0.6 is 0 Å². The van der Waals surface area contributed by atoms with E-state index in [1.165, 1.54) is 30.7 Å². The molecular weight excluding hydrogens is 432 g/mol. The lowest BCUT2D eigenvalue weighted by molar-refractivity contribution is -0.125. The maximum Gasteiger partial charge on any atom is 0.257 e. The van der Waals surface area contributed by atoms with Gasteiger partial charge in [-0.05, 0) is 24.6 Å². The van der Waals surface area contributed by atoms with E-state index in [1.807, 2.05) is 18.2 Å². The number of aromatic amines is 1. The molecule has 10 heteroatoms. The van der Waals surface area contributed by atoms with Crippen molar-refractivity contribution in [2.75, 3.05) is 18.4 Å². The number of nitrogens with one attached hydrogen (secondary N) is 2. The van der Waals surface area contributed by atoms with Crippen molar-refractivity contribution in [2.24, 2.45) is 0 Å². The van der Waals surface area contributed by atoms with Crippen molar-refractivity contribution in [3.05, 3.63) is 77.0 Å². The molecule has 1 fully saturated rings. The van der Waals surface area contributed by atoms with E-state index < -0.39 is 17.9 Å². The number of benzene rings is 1. The first-order valence-corrected chi connectivity index (χ1v) is 10.5. The summed E-state index contributed by atoms with van der Waals surface area (Å²) in [5, 5.41) is 2.67. The molecule has 1 amide bonds. The summed E-state index contributed by atoms with van der Waals surface area (Å²) < 4.78 is 34.7. The topological polar surface area (TPSA) is 100 Å². The van der Waals surface area contributed by atoms with E-state index in [4.69, 9.17) is 4.74 Å². The standard InChI is InChI=1S/C23H23F2N5O3/c1-15(30-10-9-23(24,25)18(14-30)16-7-8-20(31)27-11-16)22(32)29-19-12-28-21(13-26-19)33-17-5-3-2-4-6-17/h2-8,11-13,15,18H,9-10,14H2,1H3,(H,27,31)(H,26,29,32)/t15-,18+/m0/s1. The van der Waals surface area contributed by atoms with Crippen molar-refractivity contribution in [1.82, 2.24) is 19.9 Å². The molecule has 1 aliphatic heterocycles. The third-order valence-corrected chi connectivity index (χ3v) is 5.64.